The van der Waals surface area contributed by atoms with Crippen LogP contribution in [-0.2, 0) is 19.1 Å². The van der Waals surface area contributed by atoms with Gasteiger partial charge in [0.1, 0.15) is 23.4 Å². The van der Waals surface area contributed by atoms with Crippen LogP contribution in [0.2, 0.25) is 0 Å². The highest BCUT2D eigenvalue weighted by atomic mass is 16.6. The number of ketones is 1. The van der Waals surface area contributed by atoms with Crippen molar-refractivity contribution in [2.24, 2.45) is 11.8 Å². The summed E-state index contributed by atoms with van der Waals surface area (Å²) >= 11 is 0. The third-order valence-corrected chi connectivity index (χ3v) is 8.93. The molecule has 12 nitrogen and oxygen atoms in total. The Morgan fingerprint density at radius 3 is 2.22 bits per heavy atom. The summed E-state index contributed by atoms with van der Waals surface area (Å²) in [6.07, 6.45) is 1.86. The standard InChI is InChI=1S/C25H41N3O5.C16H13NO2.CH4O/c1-11-16(4)13-25(10,18(6)29)27-21(30)19-12-17(5)14-28(19)22(31)20(15(2)3)26-23(32)33-24(7,8)9;1-19-12-7-8-13-15(9-12)17-14(10-16(13)18)11-5-3-2-4-6-11;1-2/h11,16-17,19-20H,1-2,12-14H2,3-10H3,(H,26,32)(H,27,30);2-10H,1H3,(H,17,18);2H,1H3/t16?,17?,19?,20-,25-;;/m0../s1. The van der Waals surface area contributed by atoms with Gasteiger partial charge in [-0.2, -0.15) is 0 Å². The number of pyridine rings is 1. The number of allylic oxidation sites excluding steroid dienone is 1. The minimum absolute atomic E-state index is 0.00950. The molecule has 4 N–H and O–H groups in total. The highest BCUT2D eigenvalue weighted by Crippen LogP contribution is 2.27. The van der Waals surface area contributed by atoms with Gasteiger partial charge in [-0.3, -0.25) is 19.2 Å². The van der Waals surface area contributed by atoms with E-state index < -0.39 is 35.2 Å². The van der Waals surface area contributed by atoms with Crippen LogP contribution >= 0.6 is 0 Å². The van der Waals surface area contributed by atoms with Crippen molar-refractivity contribution in [2.45, 2.75) is 91.5 Å². The number of carbonyl (C=O) groups excluding carboxylic acids is 4. The van der Waals surface area contributed by atoms with Crippen molar-refractivity contribution >= 4 is 34.6 Å². The number of fused-ring (bicyclic) bond motifs is 1. The highest BCUT2D eigenvalue weighted by Gasteiger charge is 2.43. The molecule has 0 spiro atoms. The van der Waals surface area contributed by atoms with E-state index in [1.165, 1.54) is 11.8 Å². The van der Waals surface area contributed by atoms with E-state index in [0.717, 1.165) is 29.6 Å². The van der Waals surface area contributed by atoms with Crippen LogP contribution in [-0.4, -0.2) is 82.7 Å². The number of hydrogen-bond donors (Lipinski definition) is 4. The van der Waals surface area contributed by atoms with E-state index in [1.54, 1.807) is 66.0 Å². The Kier molecular flexibility index (Phi) is 16.4. The second-order valence-electron chi connectivity index (χ2n) is 14.9. The molecule has 5 atom stereocenters. The van der Waals surface area contributed by atoms with Crippen LogP contribution in [0.5, 0.6) is 5.75 Å². The molecule has 54 heavy (non-hydrogen) atoms. The first kappa shape index (κ1) is 44.9. The summed E-state index contributed by atoms with van der Waals surface area (Å²) in [5, 5.41) is 13.1. The van der Waals surface area contributed by atoms with Crippen LogP contribution in [0.15, 0.2) is 84.2 Å². The number of rotatable bonds is 11. The van der Waals surface area contributed by atoms with Crippen molar-refractivity contribution in [3.8, 4) is 17.0 Å². The van der Waals surface area contributed by atoms with Gasteiger partial charge in [0.2, 0.25) is 11.8 Å². The SMILES string of the molecule is C=CC(C)C[C@](C)(NC(=O)C1CC(C)CN1C(=O)[C@@H](NC(=O)OC(C)(C)C)C(=C)C)C(C)=O.CO.COc1ccc2c(=O)cc(-c3ccccc3)[nH]c2c1. The molecule has 1 saturated heterocycles. The molecule has 2 heterocycles. The van der Waals surface area contributed by atoms with Crippen molar-refractivity contribution in [3.63, 3.8) is 0 Å². The number of hydrogen-bond acceptors (Lipinski definition) is 8. The summed E-state index contributed by atoms with van der Waals surface area (Å²) in [6.45, 7) is 21.8. The molecule has 3 aromatic rings. The van der Waals surface area contributed by atoms with Gasteiger partial charge in [-0.05, 0) is 89.5 Å². The number of alkyl carbamates (subject to hydrolysis) is 1. The Bertz CT molecular complexity index is 1850. The lowest BCUT2D eigenvalue weighted by atomic mass is 9.86. The van der Waals surface area contributed by atoms with Gasteiger partial charge in [0.25, 0.3) is 0 Å². The smallest absolute Gasteiger partial charge is 0.408 e. The molecule has 1 aromatic heterocycles. The van der Waals surface area contributed by atoms with E-state index in [9.17, 15) is 24.0 Å². The van der Waals surface area contributed by atoms with Crippen molar-refractivity contribution < 1.29 is 33.8 Å². The predicted molar refractivity (Wildman–Crippen MR) is 213 cm³/mol. The molecule has 0 radical (unpaired) electrons. The molecule has 1 aliphatic rings. The minimum atomic E-state index is -1.08. The zero-order chi connectivity index (χ0) is 41.0. The number of benzene rings is 2. The summed E-state index contributed by atoms with van der Waals surface area (Å²) in [5.74, 6) is -0.160. The number of ether oxygens (including phenoxy) is 2. The Morgan fingerprint density at radius 2 is 1.69 bits per heavy atom. The maximum atomic E-state index is 13.4. The van der Waals surface area contributed by atoms with E-state index in [0.29, 0.717) is 30.3 Å². The molecule has 12 heteroatoms. The number of aromatic amines is 1. The number of nitrogens with one attached hydrogen (secondary N) is 3. The molecule has 4 rings (SSSR count). The Morgan fingerprint density at radius 1 is 1.06 bits per heavy atom. The molecule has 3 amide bonds. The lowest BCUT2D eigenvalue weighted by molar-refractivity contribution is -0.141. The third-order valence-electron chi connectivity index (χ3n) is 8.93. The monoisotopic (exact) mass is 746 g/mol. The Labute approximate surface area is 319 Å². The number of H-pyrrole nitrogens is 1. The molecule has 294 valence electrons. The third kappa shape index (κ3) is 12.4. The van der Waals surface area contributed by atoms with Crippen LogP contribution in [0, 0.1) is 11.8 Å². The van der Waals surface area contributed by atoms with Crippen LogP contribution in [0.25, 0.3) is 22.2 Å². The topological polar surface area (TPSA) is 167 Å². The Balaban J connectivity index is 0.000000402. The quantitative estimate of drug-likeness (QED) is 0.169. The lowest BCUT2D eigenvalue weighted by Gasteiger charge is -2.34. The first-order valence-electron chi connectivity index (χ1n) is 17.9. The minimum Gasteiger partial charge on any atom is -0.497 e. The van der Waals surface area contributed by atoms with Crippen LogP contribution < -0.4 is 20.8 Å². The van der Waals surface area contributed by atoms with Gasteiger partial charge in [0, 0.05) is 36.9 Å². The average molecular weight is 747 g/mol. The van der Waals surface area contributed by atoms with Gasteiger partial charge in [-0.25, -0.2) is 4.79 Å². The number of aliphatic hydroxyl groups is 1. The van der Waals surface area contributed by atoms with E-state index >= 15 is 0 Å². The van der Waals surface area contributed by atoms with Crippen LogP contribution in [0.3, 0.4) is 0 Å². The second-order valence-corrected chi connectivity index (χ2v) is 14.9. The maximum Gasteiger partial charge on any atom is 0.408 e. The number of aliphatic hydroxyl groups excluding tert-OH is 1. The van der Waals surface area contributed by atoms with Crippen molar-refractivity contribution in [3.05, 3.63) is 89.6 Å². The number of methoxy groups -OCH3 is 1. The van der Waals surface area contributed by atoms with E-state index in [1.807, 2.05) is 50.2 Å². The van der Waals surface area contributed by atoms with Gasteiger partial charge in [-0.15, -0.1) is 6.58 Å². The first-order valence-corrected chi connectivity index (χ1v) is 17.9. The Hall–Kier alpha value is -5.23. The van der Waals surface area contributed by atoms with Gasteiger partial charge in [-0.1, -0.05) is 56.8 Å². The van der Waals surface area contributed by atoms with E-state index in [2.05, 4.69) is 28.8 Å². The fourth-order valence-corrected chi connectivity index (χ4v) is 6.02. The number of carbonyl (C=O) groups is 4. The fraction of sp³-hybridized carbons (Fsp3) is 0.452. The summed E-state index contributed by atoms with van der Waals surface area (Å²) in [6, 6.07) is 15.0. The van der Waals surface area contributed by atoms with Crippen LogP contribution in [0.4, 0.5) is 4.79 Å². The number of nitrogens with zero attached hydrogens (tertiary/aromatic N) is 1. The summed E-state index contributed by atoms with van der Waals surface area (Å²) in [5.41, 5.74) is 1.22. The molecule has 1 aliphatic heterocycles. The highest BCUT2D eigenvalue weighted by molar-refractivity contribution is 5.96. The summed E-state index contributed by atoms with van der Waals surface area (Å²) in [4.78, 5) is 68.2. The molecular weight excluding hydrogens is 688 g/mol. The zero-order valence-corrected chi connectivity index (χ0v) is 33.4. The predicted octanol–water partition coefficient (Wildman–Crippen LogP) is 6.18. The largest absolute Gasteiger partial charge is 0.497 e. The molecule has 0 saturated carbocycles. The van der Waals surface area contributed by atoms with Gasteiger partial charge < -0.3 is 35.1 Å². The first-order chi connectivity index (χ1) is 25.3. The normalized spacial score (nSPS) is 17.2. The number of aromatic nitrogens is 1. The van der Waals surface area contributed by atoms with Crippen molar-refractivity contribution in [2.75, 3.05) is 20.8 Å². The zero-order valence-electron chi connectivity index (χ0n) is 33.4. The molecule has 0 aliphatic carbocycles. The van der Waals surface area contributed by atoms with Crippen molar-refractivity contribution in [1.29, 1.82) is 0 Å². The van der Waals surface area contributed by atoms with E-state index in [-0.39, 0.29) is 29.0 Å². The lowest BCUT2D eigenvalue weighted by Crippen LogP contribution is -2.59. The maximum absolute atomic E-state index is 13.4. The van der Waals surface area contributed by atoms with E-state index in [4.69, 9.17) is 14.6 Å². The average Bonchev–Trinajstić information content (AvgIpc) is 3.52. The van der Waals surface area contributed by atoms with Crippen LogP contribution in [0.1, 0.15) is 68.2 Å². The number of likely N-dealkylation sites (tertiary alicyclic amines) is 1. The fourth-order valence-electron chi connectivity index (χ4n) is 6.02. The summed E-state index contributed by atoms with van der Waals surface area (Å²) in [7, 11) is 2.61. The van der Waals surface area contributed by atoms with Gasteiger partial charge in [0.05, 0.1) is 18.2 Å². The molecule has 3 unspecified atom stereocenters. The molecular formula is C42H58N4O8. The molecule has 0 bridgehead atoms. The summed E-state index contributed by atoms with van der Waals surface area (Å²) < 4.78 is 10.5. The molecule has 2 aromatic carbocycles. The molecule has 1 fully saturated rings. The number of Topliss-reactive ketones (excluding diaryl/α,β-unsaturated/α-hetero) is 1. The van der Waals surface area contributed by atoms with Gasteiger partial charge >= 0.3 is 6.09 Å². The number of amides is 3. The van der Waals surface area contributed by atoms with Crippen molar-refractivity contribution in [1.82, 2.24) is 20.5 Å². The van der Waals surface area contributed by atoms with Gasteiger partial charge in [0.15, 0.2) is 11.2 Å². The second kappa shape index (κ2) is 19.7.